The third-order valence-corrected chi connectivity index (χ3v) is 5.05. The van der Waals surface area contributed by atoms with Gasteiger partial charge in [0.2, 0.25) is 5.91 Å². The summed E-state index contributed by atoms with van der Waals surface area (Å²) in [5, 5.41) is 23.6. The van der Waals surface area contributed by atoms with Crippen molar-refractivity contribution in [2.45, 2.75) is 58.8 Å². The van der Waals surface area contributed by atoms with E-state index in [-0.39, 0.29) is 28.9 Å². The predicted molar refractivity (Wildman–Crippen MR) is 114 cm³/mol. The third-order valence-electron chi connectivity index (χ3n) is 4.41. The van der Waals surface area contributed by atoms with Crippen LogP contribution in [0.5, 0.6) is 11.5 Å². The summed E-state index contributed by atoms with van der Waals surface area (Å²) < 4.78 is 0.523. The number of hydrogen-bond acceptors (Lipinski definition) is 3. The third kappa shape index (κ3) is 5.04. The standard InChI is InChI=1S/C22H28BrNO3/c1-21(2,3)14-10-13(11-15(19(14)26)22(4,5)6)12-18(25)24-17-9-7-8-16(23)20(17)27/h7-11,26-27H,12H2,1-6H3,(H,24,25). The molecule has 0 aliphatic heterocycles. The van der Waals surface area contributed by atoms with Gasteiger partial charge in [0.05, 0.1) is 16.6 Å². The Morgan fingerprint density at radius 2 is 1.48 bits per heavy atom. The molecular formula is C22H28BrNO3. The van der Waals surface area contributed by atoms with Crippen molar-refractivity contribution < 1.29 is 15.0 Å². The Hall–Kier alpha value is -2.01. The minimum Gasteiger partial charge on any atom is -0.507 e. The Morgan fingerprint density at radius 3 is 1.96 bits per heavy atom. The maximum Gasteiger partial charge on any atom is 0.228 e. The zero-order valence-electron chi connectivity index (χ0n) is 16.8. The molecule has 0 saturated heterocycles. The van der Waals surface area contributed by atoms with Crippen LogP contribution in [-0.4, -0.2) is 16.1 Å². The molecule has 0 aliphatic carbocycles. The second-order valence-electron chi connectivity index (χ2n) is 8.90. The van der Waals surface area contributed by atoms with Crippen LogP contribution in [0.25, 0.3) is 0 Å². The van der Waals surface area contributed by atoms with Gasteiger partial charge in [0, 0.05) is 0 Å². The Labute approximate surface area is 169 Å². The van der Waals surface area contributed by atoms with Crippen LogP contribution >= 0.6 is 15.9 Å². The van der Waals surface area contributed by atoms with E-state index in [4.69, 9.17) is 0 Å². The number of phenols is 2. The number of phenolic OH excluding ortho intramolecular Hbond substituents is 2. The molecule has 27 heavy (non-hydrogen) atoms. The van der Waals surface area contributed by atoms with E-state index in [9.17, 15) is 15.0 Å². The zero-order valence-corrected chi connectivity index (χ0v) is 18.4. The molecule has 4 nitrogen and oxygen atoms in total. The van der Waals surface area contributed by atoms with Crippen molar-refractivity contribution in [3.8, 4) is 11.5 Å². The van der Waals surface area contributed by atoms with E-state index in [1.54, 1.807) is 18.2 Å². The number of carbonyl (C=O) groups excluding carboxylic acids is 1. The van der Waals surface area contributed by atoms with E-state index in [1.807, 2.05) is 53.7 Å². The molecule has 0 aromatic heterocycles. The van der Waals surface area contributed by atoms with Gasteiger partial charge in [-0.1, -0.05) is 59.7 Å². The molecule has 2 aromatic rings. The topological polar surface area (TPSA) is 69.6 Å². The number of amides is 1. The van der Waals surface area contributed by atoms with E-state index in [0.29, 0.717) is 15.9 Å². The molecule has 1 amide bonds. The summed E-state index contributed by atoms with van der Waals surface area (Å²) in [6.45, 7) is 12.2. The van der Waals surface area contributed by atoms with E-state index in [1.165, 1.54) is 0 Å². The molecule has 0 atom stereocenters. The van der Waals surface area contributed by atoms with Gasteiger partial charge in [-0.05, 0) is 55.6 Å². The predicted octanol–water partition coefficient (Wildman–Crippen LogP) is 5.64. The number of aromatic hydroxyl groups is 2. The molecule has 0 aliphatic rings. The van der Waals surface area contributed by atoms with Crippen LogP contribution in [0.4, 0.5) is 5.69 Å². The number of para-hydroxylation sites is 1. The van der Waals surface area contributed by atoms with Crippen molar-refractivity contribution in [2.75, 3.05) is 5.32 Å². The Morgan fingerprint density at radius 1 is 0.963 bits per heavy atom. The van der Waals surface area contributed by atoms with Gasteiger partial charge in [-0.25, -0.2) is 0 Å². The summed E-state index contributed by atoms with van der Waals surface area (Å²) in [7, 11) is 0. The van der Waals surface area contributed by atoms with E-state index in [0.717, 1.165) is 16.7 Å². The van der Waals surface area contributed by atoms with Gasteiger partial charge >= 0.3 is 0 Å². The largest absolute Gasteiger partial charge is 0.507 e. The Balaban J connectivity index is 2.38. The lowest BCUT2D eigenvalue weighted by molar-refractivity contribution is -0.115. The highest BCUT2D eigenvalue weighted by atomic mass is 79.9. The fourth-order valence-corrected chi connectivity index (χ4v) is 3.30. The summed E-state index contributed by atoms with van der Waals surface area (Å²) in [6.07, 6.45) is 0.151. The van der Waals surface area contributed by atoms with Crippen LogP contribution in [0.2, 0.25) is 0 Å². The van der Waals surface area contributed by atoms with Crippen molar-refractivity contribution in [3.05, 3.63) is 51.5 Å². The summed E-state index contributed by atoms with van der Waals surface area (Å²) in [5.74, 6) is 0.0694. The van der Waals surface area contributed by atoms with Crippen LogP contribution in [0, 0.1) is 0 Å². The number of benzene rings is 2. The average Bonchev–Trinajstić information content (AvgIpc) is 2.51. The van der Waals surface area contributed by atoms with Crippen LogP contribution < -0.4 is 5.32 Å². The number of carbonyl (C=O) groups is 1. The number of anilines is 1. The zero-order chi connectivity index (χ0) is 20.6. The van der Waals surface area contributed by atoms with Crippen molar-refractivity contribution >= 4 is 27.5 Å². The van der Waals surface area contributed by atoms with E-state index < -0.39 is 0 Å². The fourth-order valence-electron chi connectivity index (χ4n) is 2.94. The first-order valence-corrected chi connectivity index (χ1v) is 9.74. The first kappa shape index (κ1) is 21.3. The second kappa shape index (κ2) is 7.55. The highest BCUT2D eigenvalue weighted by molar-refractivity contribution is 9.10. The molecule has 2 aromatic carbocycles. The molecule has 3 N–H and O–H groups in total. The van der Waals surface area contributed by atoms with Crippen LogP contribution in [0.3, 0.4) is 0 Å². The maximum absolute atomic E-state index is 12.6. The summed E-state index contributed by atoms with van der Waals surface area (Å²) in [4.78, 5) is 12.6. The van der Waals surface area contributed by atoms with E-state index >= 15 is 0 Å². The van der Waals surface area contributed by atoms with Gasteiger partial charge < -0.3 is 15.5 Å². The normalized spacial score (nSPS) is 12.1. The van der Waals surface area contributed by atoms with Gasteiger partial charge in [-0.15, -0.1) is 0 Å². The summed E-state index contributed by atoms with van der Waals surface area (Å²) >= 11 is 3.24. The van der Waals surface area contributed by atoms with Crippen molar-refractivity contribution in [1.82, 2.24) is 0 Å². The molecular weight excluding hydrogens is 406 g/mol. The van der Waals surface area contributed by atoms with Crippen molar-refractivity contribution in [2.24, 2.45) is 0 Å². The Kier molecular flexibility index (Phi) is 5.95. The SMILES string of the molecule is CC(C)(C)c1cc(CC(=O)Nc2cccc(Br)c2O)cc(C(C)(C)C)c1O. The first-order chi connectivity index (χ1) is 12.3. The van der Waals surface area contributed by atoms with Gasteiger partial charge in [-0.2, -0.15) is 0 Å². The number of rotatable bonds is 3. The lowest BCUT2D eigenvalue weighted by Gasteiger charge is -2.28. The van der Waals surface area contributed by atoms with Crippen LogP contribution in [0.1, 0.15) is 58.2 Å². The lowest BCUT2D eigenvalue weighted by atomic mass is 9.78. The van der Waals surface area contributed by atoms with Gasteiger partial charge in [0.1, 0.15) is 5.75 Å². The van der Waals surface area contributed by atoms with E-state index in [2.05, 4.69) is 21.2 Å². The molecule has 146 valence electrons. The summed E-state index contributed by atoms with van der Waals surface area (Å²) in [5.41, 5.74) is 2.33. The molecule has 2 rings (SSSR count). The molecule has 0 fully saturated rings. The monoisotopic (exact) mass is 433 g/mol. The fraction of sp³-hybridized carbons (Fsp3) is 0.409. The number of hydrogen-bond donors (Lipinski definition) is 3. The quantitative estimate of drug-likeness (QED) is 0.548. The molecule has 0 saturated carbocycles. The highest BCUT2D eigenvalue weighted by Crippen LogP contribution is 2.40. The molecule has 0 bridgehead atoms. The second-order valence-corrected chi connectivity index (χ2v) is 9.75. The van der Waals surface area contributed by atoms with Crippen LogP contribution in [0.15, 0.2) is 34.8 Å². The van der Waals surface area contributed by atoms with Gasteiger partial charge in [0.25, 0.3) is 0 Å². The maximum atomic E-state index is 12.6. The number of halogens is 1. The highest BCUT2D eigenvalue weighted by Gasteiger charge is 2.27. The molecule has 0 unspecified atom stereocenters. The van der Waals surface area contributed by atoms with Crippen LogP contribution in [-0.2, 0) is 22.0 Å². The minimum atomic E-state index is -0.251. The Bertz CT molecular complexity index is 826. The average molecular weight is 434 g/mol. The minimum absolute atomic E-state index is 0.00215. The number of nitrogens with one attached hydrogen (secondary N) is 1. The van der Waals surface area contributed by atoms with Gasteiger partial charge in [0.15, 0.2) is 5.75 Å². The molecule has 0 spiro atoms. The lowest BCUT2D eigenvalue weighted by Crippen LogP contribution is -2.20. The summed E-state index contributed by atoms with van der Waals surface area (Å²) in [6, 6.07) is 8.89. The molecule has 5 heteroatoms. The van der Waals surface area contributed by atoms with Gasteiger partial charge in [-0.3, -0.25) is 4.79 Å². The smallest absolute Gasteiger partial charge is 0.228 e. The molecule has 0 heterocycles. The first-order valence-electron chi connectivity index (χ1n) is 8.95. The van der Waals surface area contributed by atoms with Crippen molar-refractivity contribution in [3.63, 3.8) is 0 Å². The van der Waals surface area contributed by atoms with Crippen molar-refractivity contribution in [1.29, 1.82) is 0 Å². The molecule has 0 radical (unpaired) electrons.